The molecule has 0 aliphatic heterocycles. The van der Waals surface area contributed by atoms with Crippen LogP contribution in [0.4, 0.5) is 10.7 Å². The zero-order chi connectivity index (χ0) is 19.2. The number of rotatable bonds is 6. The van der Waals surface area contributed by atoms with Crippen molar-refractivity contribution in [3.63, 3.8) is 0 Å². The summed E-state index contributed by atoms with van der Waals surface area (Å²) < 4.78 is 5.60. The van der Waals surface area contributed by atoms with Gasteiger partial charge >= 0.3 is 0 Å². The molecule has 1 amide bonds. The molecule has 0 saturated carbocycles. The fourth-order valence-corrected chi connectivity index (χ4v) is 4.58. The molecule has 0 bridgehead atoms. The van der Waals surface area contributed by atoms with E-state index in [1.807, 2.05) is 38.1 Å². The highest BCUT2D eigenvalue weighted by Crippen LogP contribution is 2.37. The number of amides is 1. The zero-order valence-electron chi connectivity index (χ0n) is 15.8. The normalized spacial score (nSPS) is 14.4. The van der Waals surface area contributed by atoms with Gasteiger partial charge in [-0.2, -0.15) is 5.26 Å². The van der Waals surface area contributed by atoms with Crippen molar-refractivity contribution >= 4 is 27.9 Å². The van der Waals surface area contributed by atoms with E-state index >= 15 is 0 Å². The molecule has 5 nitrogen and oxygen atoms in total. The number of carbonyl (C=O) groups is 1. The van der Waals surface area contributed by atoms with Crippen LogP contribution in [0, 0.1) is 11.3 Å². The van der Waals surface area contributed by atoms with E-state index < -0.39 is 6.04 Å². The first kappa shape index (κ1) is 19.2. The quantitative estimate of drug-likeness (QED) is 0.708. The maximum Gasteiger partial charge on any atom is 0.247 e. The van der Waals surface area contributed by atoms with Crippen LogP contribution in [0.25, 0.3) is 0 Å². The third-order valence-electron chi connectivity index (χ3n) is 4.72. The molecule has 0 fully saturated rings. The van der Waals surface area contributed by atoms with Gasteiger partial charge in [0.15, 0.2) is 0 Å². The van der Waals surface area contributed by atoms with E-state index in [0.29, 0.717) is 17.2 Å². The molecule has 1 aliphatic carbocycles. The maximum atomic E-state index is 12.7. The number of aryl methyl sites for hydroxylation is 1. The van der Waals surface area contributed by atoms with Gasteiger partial charge in [0.25, 0.3) is 0 Å². The van der Waals surface area contributed by atoms with Crippen LogP contribution in [-0.2, 0) is 17.6 Å². The third kappa shape index (κ3) is 4.42. The molecule has 27 heavy (non-hydrogen) atoms. The van der Waals surface area contributed by atoms with Gasteiger partial charge in [0.2, 0.25) is 5.91 Å². The lowest BCUT2D eigenvalue weighted by molar-refractivity contribution is -0.116. The second-order valence-electron chi connectivity index (χ2n) is 6.66. The predicted molar refractivity (Wildman–Crippen MR) is 110 cm³/mol. The highest BCUT2D eigenvalue weighted by molar-refractivity contribution is 7.16. The Morgan fingerprint density at radius 3 is 2.85 bits per heavy atom. The number of nitrogens with zero attached hydrogens (tertiary/aromatic N) is 1. The topological polar surface area (TPSA) is 74.2 Å². The fraction of sp³-hybridized carbons (Fsp3) is 0.429. The minimum Gasteiger partial charge on any atom is -0.492 e. The van der Waals surface area contributed by atoms with E-state index in [1.54, 1.807) is 11.3 Å². The summed E-state index contributed by atoms with van der Waals surface area (Å²) in [4.78, 5) is 14.0. The molecular weight excluding hydrogens is 358 g/mol. The number of ether oxygens (including phenoxy) is 1. The number of carbonyl (C=O) groups excluding carboxylic acids is 1. The summed E-state index contributed by atoms with van der Waals surface area (Å²) >= 11 is 1.56. The van der Waals surface area contributed by atoms with Gasteiger partial charge in [-0.25, -0.2) is 0 Å². The smallest absolute Gasteiger partial charge is 0.247 e. The van der Waals surface area contributed by atoms with Crippen molar-refractivity contribution in [3.8, 4) is 11.8 Å². The summed E-state index contributed by atoms with van der Waals surface area (Å²) in [5, 5.41) is 16.5. The van der Waals surface area contributed by atoms with Gasteiger partial charge in [-0.3, -0.25) is 4.79 Å². The molecule has 0 spiro atoms. The molecule has 6 heteroatoms. The number of hydrogen-bond acceptors (Lipinski definition) is 5. The number of para-hydroxylation sites is 2. The van der Waals surface area contributed by atoms with Crippen LogP contribution in [0.3, 0.4) is 0 Å². The Hall–Kier alpha value is -2.52. The molecular formula is C21H25N3O2S. The van der Waals surface area contributed by atoms with Gasteiger partial charge < -0.3 is 15.4 Å². The number of benzene rings is 1. The predicted octanol–water partition coefficient (Wildman–Crippen LogP) is 4.73. The van der Waals surface area contributed by atoms with E-state index in [4.69, 9.17) is 4.74 Å². The minimum absolute atomic E-state index is 0.158. The fourth-order valence-electron chi connectivity index (χ4n) is 3.34. The average Bonchev–Trinajstić information content (AvgIpc) is 2.83. The second kappa shape index (κ2) is 8.92. The summed E-state index contributed by atoms with van der Waals surface area (Å²) in [5.74, 6) is 0.564. The van der Waals surface area contributed by atoms with Gasteiger partial charge in [0.05, 0.1) is 17.9 Å². The number of nitriles is 1. The largest absolute Gasteiger partial charge is 0.492 e. The molecule has 3 rings (SSSR count). The molecule has 1 heterocycles. The molecule has 1 aromatic carbocycles. The van der Waals surface area contributed by atoms with Crippen LogP contribution in [0.1, 0.15) is 49.1 Å². The Morgan fingerprint density at radius 1 is 1.30 bits per heavy atom. The molecule has 1 aliphatic rings. The standard InChI is InChI=1S/C21H25N3O2S/c1-3-26-18-11-8-7-10-17(18)23-14(2)20(25)24-21-16(13-22)15-9-5-4-6-12-19(15)27-21/h7-8,10-11,14,23H,3-6,9,12H2,1-2H3,(H,24,25)/t14-/m1/s1. The van der Waals surface area contributed by atoms with Crippen LogP contribution in [0.5, 0.6) is 5.75 Å². The van der Waals surface area contributed by atoms with E-state index in [-0.39, 0.29) is 5.91 Å². The minimum atomic E-state index is -0.458. The molecule has 142 valence electrons. The number of thiophene rings is 1. The number of nitrogens with one attached hydrogen (secondary N) is 2. The van der Waals surface area contributed by atoms with Gasteiger partial charge in [-0.1, -0.05) is 18.6 Å². The van der Waals surface area contributed by atoms with E-state index in [2.05, 4.69) is 16.7 Å². The van der Waals surface area contributed by atoms with Crippen LogP contribution in [-0.4, -0.2) is 18.6 Å². The summed E-state index contributed by atoms with van der Waals surface area (Å²) in [6.45, 7) is 4.30. The summed E-state index contributed by atoms with van der Waals surface area (Å²) in [6, 6.07) is 9.42. The summed E-state index contributed by atoms with van der Waals surface area (Å²) in [7, 11) is 0. The Kier molecular flexibility index (Phi) is 6.36. The second-order valence-corrected chi connectivity index (χ2v) is 7.77. The first-order valence-corrected chi connectivity index (χ1v) is 10.3. The van der Waals surface area contributed by atoms with E-state index in [0.717, 1.165) is 42.7 Å². The van der Waals surface area contributed by atoms with Gasteiger partial charge in [-0.05, 0) is 57.2 Å². The SMILES string of the molecule is CCOc1ccccc1N[C@H](C)C(=O)Nc1sc2c(c1C#N)CCCCC2. The lowest BCUT2D eigenvalue weighted by Gasteiger charge is -2.17. The summed E-state index contributed by atoms with van der Waals surface area (Å²) in [5.41, 5.74) is 2.56. The zero-order valence-corrected chi connectivity index (χ0v) is 16.6. The number of fused-ring (bicyclic) bond motifs is 1. The van der Waals surface area contributed by atoms with E-state index in [9.17, 15) is 10.1 Å². The lowest BCUT2D eigenvalue weighted by Crippen LogP contribution is -2.32. The summed E-state index contributed by atoms with van der Waals surface area (Å²) in [6.07, 6.45) is 5.39. The molecule has 0 saturated heterocycles. The van der Waals surface area contributed by atoms with Crippen molar-refractivity contribution in [2.45, 2.75) is 52.0 Å². The number of hydrogen-bond donors (Lipinski definition) is 2. The van der Waals surface area contributed by atoms with Gasteiger partial charge in [-0.15, -0.1) is 11.3 Å². The van der Waals surface area contributed by atoms with Crippen molar-refractivity contribution in [1.29, 1.82) is 5.26 Å². The van der Waals surface area contributed by atoms with Crippen molar-refractivity contribution in [1.82, 2.24) is 0 Å². The Morgan fingerprint density at radius 2 is 2.07 bits per heavy atom. The first-order valence-electron chi connectivity index (χ1n) is 9.48. The van der Waals surface area contributed by atoms with Crippen molar-refractivity contribution < 1.29 is 9.53 Å². The van der Waals surface area contributed by atoms with Crippen LogP contribution in [0.15, 0.2) is 24.3 Å². The van der Waals surface area contributed by atoms with Crippen molar-refractivity contribution in [3.05, 3.63) is 40.3 Å². The third-order valence-corrected chi connectivity index (χ3v) is 5.93. The molecule has 0 unspecified atom stereocenters. The van der Waals surface area contributed by atoms with Gasteiger partial charge in [0, 0.05) is 4.88 Å². The first-order chi connectivity index (χ1) is 13.1. The Labute approximate surface area is 164 Å². The molecule has 2 N–H and O–H groups in total. The van der Waals surface area contributed by atoms with Gasteiger partial charge in [0.1, 0.15) is 22.9 Å². The maximum absolute atomic E-state index is 12.7. The van der Waals surface area contributed by atoms with Crippen LogP contribution < -0.4 is 15.4 Å². The molecule has 1 aromatic heterocycles. The molecule has 1 atom stereocenters. The highest BCUT2D eigenvalue weighted by Gasteiger charge is 2.23. The Balaban J connectivity index is 1.73. The monoisotopic (exact) mass is 383 g/mol. The van der Waals surface area contributed by atoms with Crippen LogP contribution >= 0.6 is 11.3 Å². The van der Waals surface area contributed by atoms with Crippen molar-refractivity contribution in [2.75, 3.05) is 17.2 Å². The lowest BCUT2D eigenvalue weighted by atomic mass is 10.1. The average molecular weight is 384 g/mol. The molecule has 0 radical (unpaired) electrons. The van der Waals surface area contributed by atoms with Crippen molar-refractivity contribution in [2.24, 2.45) is 0 Å². The Bertz CT molecular complexity index is 854. The van der Waals surface area contributed by atoms with E-state index in [1.165, 1.54) is 11.3 Å². The molecule has 2 aromatic rings. The van der Waals surface area contributed by atoms with Crippen LogP contribution in [0.2, 0.25) is 0 Å². The number of anilines is 2. The highest BCUT2D eigenvalue weighted by atomic mass is 32.1.